The third-order valence-corrected chi connectivity index (χ3v) is 13.9. The van der Waals surface area contributed by atoms with E-state index >= 15 is 0 Å². The lowest BCUT2D eigenvalue weighted by atomic mass is 10.0. The highest BCUT2D eigenvalue weighted by Crippen LogP contribution is 2.37. The van der Waals surface area contributed by atoms with Gasteiger partial charge < -0.3 is 19.0 Å². The first-order valence-electron chi connectivity index (χ1n) is 14.1. The molecule has 0 amide bonds. The lowest BCUT2D eigenvalue weighted by molar-refractivity contribution is -0.140. The van der Waals surface area contributed by atoms with E-state index < -0.39 is 35.9 Å². The average Bonchev–Trinajstić information content (AvgIpc) is 3.21. The van der Waals surface area contributed by atoms with Gasteiger partial charge in [0.15, 0.2) is 5.79 Å². The smallest absolute Gasteiger partial charge is 0.261 e. The molecule has 6 nitrogen and oxygen atoms in total. The minimum Gasteiger partial charge on any atom is -0.407 e. The first-order chi connectivity index (χ1) is 18.2. The number of benzene rings is 2. The molecule has 0 aliphatic carbocycles. The fourth-order valence-electron chi connectivity index (χ4n) is 5.24. The van der Waals surface area contributed by atoms with Crippen LogP contribution >= 0.6 is 0 Å². The van der Waals surface area contributed by atoms with Gasteiger partial charge in [-0.1, -0.05) is 81.4 Å². The monoisotopic (exact) mass is 575 g/mol. The largest absolute Gasteiger partial charge is 0.407 e. The van der Waals surface area contributed by atoms with E-state index in [1.807, 2.05) is 46.8 Å². The van der Waals surface area contributed by atoms with Crippen molar-refractivity contribution < 1.29 is 23.2 Å². The fourth-order valence-corrected chi connectivity index (χ4v) is 10.7. The molecule has 0 bridgehead atoms. The summed E-state index contributed by atoms with van der Waals surface area (Å²) in [6.07, 6.45) is 0.846. The predicted molar refractivity (Wildman–Crippen MR) is 163 cm³/mol. The van der Waals surface area contributed by atoms with Gasteiger partial charge in [0.2, 0.25) is 0 Å². The maximum absolute atomic E-state index is 13.0. The van der Waals surface area contributed by atoms with Crippen LogP contribution in [0, 0.1) is 0 Å². The number of hydrogen-bond acceptors (Lipinski definition) is 5. The van der Waals surface area contributed by atoms with Crippen LogP contribution < -0.4 is 15.1 Å². The zero-order chi connectivity index (χ0) is 28.9. The van der Waals surface area contributed by atoms with Crippen LogP contribution in [0.3, 0.4) is 0 Å². The standard InChI is InChI=1S/C31H49NO5SSi/c1-29(2,3)38(34)32-27(22-24-23-35-31(7,8)37-24)28(33)20-15-21-36-39(30(4,5)6,25-16-11-9-12-17-25)26-18-13-10-14-19-26/h9-14,16-19,24,27-28,32-33H,15,20-23H2,1-8H3/t24-,27+,28-,38-/m0/s1. The van der Waals surface area contributed by atoms with E-state index in [-0.39, 0.29) is 17.2 Å². The SMILES string of the molecule is CC1(C)OC[C@H](C[C@@H](N[S@@](=O)C(C)(C)C)[C@@H](O)CCCO[Si](c2ccccc2)(c2ccccc2)C(C)(C)C)O1. The van der Waals surface area contributed by atoms with Crippen LogP contribution in [0.15, 0.2) is 60.7 Å². The average molecular weight is 576 g/mol. The second-order valence-electron chi connectivity index (χ2n) is 13.0. The van der Waals surface area contributed by atoms with Gasteiger partial charge in [-0.05, 0) is 69.3 Å². The normalized spacial score (nSPS) is 20.5. The number of aliphatic hydroxyl groups is 1. The van der Waals surface area contributed by atoms with Crippen molar-refractivity contribution in [3.63, 3.8) is 0 Å². The van der Waals surface area contributed by atoms with Crippen molar-refractivity contribution >= 4 is 29.7 Å². The summed E-state index contributed by atoms with van der Waals surface area (Å²) in [5.41, 5.74) is 0. The molecule has 8 heteroatoms. The third-order valence-electron chi connectivity index (χ3n) is 7.24. The molecule has 0 spiro atoms. The van der Waals surface area contributed by atoms with E-state index in [2.05, 4.69) is 74.0 Å². The summed E-state index contributed by atoms with van der Waals surface area (Å²) in [4.78, 5) is 0. The van der Waals surface area contributed by atoms with Crippen molar-refractivity contribution in [3.05, 3.63) is 60.7 Å². The first kappa shape index (κ1) is 32.1. The summed E-state index contributed by atoms with van der Waals surface area (Å²) in [5.74, 6) is -0.646. The van der Waals surface area contributed by atoms with Gasteiger partial charge in [0.1, 0.15) is 0 Å². The van der Waals surface area contributed by atoms with Crippen molar-refractivity contribution in [2.75, 3.05) is 13.2 Å². The van der Waals surface area contributed by atoms with E-state index in [1.165, 1.54) is 10.4 Å². The maximum Gasteiger partial charge on any atom is 0.261 e. The molecule has 2 aromatic rings. The summed E-state index contributed by atoms with van der Waals surface area (Å²) in [5, 5.41) is 13.7. The van der Waals surface area contributed by atoms with Crippen molar-refractivity contribution in [2.45, 2.75) is 108 Å². The number of ether oxygens (including phenoxy) is 2. The molecule has 3 rings (SSSR count). The lowest BCUT2D eigenvalue weighted by Gasteiger charge is -2.43. The number of aliphatic hydroxyl groups excluding tert-OH is 1. The fraction of sp³-hybridized carbons (Fsp3) is 0.613. The van der Waals surface area contributed by atoms with Crippen LogP contribution in [0.2, 0.25) is 5.04 Å². The molecular weight excluding hydrogens is 526 g/mol. The van der Waals surface area contributed by atoms with E-state index in [0.29, 0.717) is 32.5 Å². The van der Waals surface area contributed by atoms with Gasteiger partial charge >= 0.3 is 0 Å². The van der Waals surface area contributed by atoms with Crippen LogP contribution in [0.5, 0.6) is 0 Å². The molecule has 0 aromatic heterocycles. The van der Waals surface area contributed by atoms with Crippen molar-refractivity contribution in [2.24, 2.45) is 0 Å². The second kappa shape index (κ2) is 13.1. The second-order valence-corrected chi connectivity index (χ2v) is 19.3. The Hall–Kier alpha value is -1.39. The Morgan fingerprint density at radius 1 is 1.03 bits per heavy atom. The van der Waals surface area contributed by atoms with Gasteiger partial charge in [0.05, 0.1) is 34.5 Å². The molecule has 2 N–H and O–H groups in total. The lowest BCUT2D eigenvalue weighted by Crippen LogP contribution is -2.66. The van der Waals surface area contributed by atoms with Crippen molar-refractivity contribution in [1.82, 2.24) is 4.72 Å². The Kier molecular flexibility index (Phi) is 10.8. The molecule has 1 heterocycles. The van der Waals surface area contributed by atoms with Crippen molar-refractivity contribution in [3.8, 4) is 0 Å². The minimum atomic E-state index is -2.63. The van der Waals surface area contributed by atoms with Gasteiger partial charge in [-0.25, -0.2) is 8.93 Å². The molecule has 4 atom stereocenters. The zero-order valence-corrected chi connectivity index (χ0v) is 26.8. The number of nitrogens with one attached hydrogen (secondary N) is 1. The van der Waals surface area contributed by atoms with E-state index in [9.17, 15) is 9.32 Å². The Morgan fingerprint density at radius 3 is 2.00 bits per heavy atom. The van der Waals surface area contributed by atoms with Gasteiger partial charge in [-0.3, -0.25) is 0 Å². The highest BCUT2D eigenvalue weighted by atomic mass is 32.2. The predicted octanol–water partition coefficient (Wildman–Crippen LogP) is 4.67. The number of rotatable bonds is 12. The van der Waals surface area contributed by atoms with Crippen LogP contribution in [0.1, 0.15) is 74.7 Å². The van der Waals surface area contributed by atoms with E-state index in [1.54, 1.807) is 0 Å². The molecule has 0 unspecified atom stereocenters. The minimum absolute atomic E-state index is 0.103. The summed E-state index contributed by atoms with van der Waals surface area (Å²) in [7, 11) is -3.95. The Bertz CT molecular complexity index is 1010. The van der Waals surface area contributed by atoms with Gasteiger partial charge in [0.25, 0.3) is 8.32 Å². The molecule has 1 saturated heterocycles. The summed E-state index contributed by atoms with van der Waals surface area (Å²) in [6, 6.07) is 20.8. The zero-order valence-electron chi connectivity index (χ0n) is 25.0. The van der Waals surface area contributed by atoms with Crippen LogP contribution in [0.4, 0.5) is 0 Å². The molecule has 1 aliphatic heterocycles. The number of hydrogen-bond donors (Lipinski definition) is 2. The van der Waals surface area contributed by atoms with Gasteiger partial charge in [-0.2, -0.15) is 0 Å². The summed E-state index contributed by atoms with van der Waals surface area (Å²) >= 11 is 0. The van der Waals surface area contributed by atoms with E-state index in [4.69, 9.17) is 13.9 Å². The Labute approximate surface area is 239 Å². The molecule has 39 heavy (non-hydrogen) atoms. The molecule has 0 saturated carbocycles. The Morgan fingerprint density at radius 2 is 1.56 bits per heavy atom. The van der Waals surface area contributed by atoms with E-state index in [0.717, 1.165) is 0 Å². The first-order valence-corrected chi connectivity index (χ1v) is 17.1. The van der Waals surface area contributed by atoms with Crippen molar-refractivity contribution in [1.29, 1.82) is 0 Å². The summed E-state index contributed by atoms with van der Waals surface area (Å²) in [6.45, 7) is 17.3. The molecule has 0 radical (unpaired) electrons. The quantitative estimate of drug-likeness (QED) is 0.284. The molecular formula is C31H49NO5SSi. The molecule has 1 fully saturated rings. The highest BCUT2D eigenvalue weighted by molar-refractivity contribution is 7.84. The molecule has 1 aliphatic rings. The third kappa shape index (κ3) is 8.32. The summed E-state index contributed by atoms with van der Waals surface area (Å²) < 4.78 is 34.5. The van der Waals surface area contributed by atoms with Crippen LogP contribution in [-0.4, -0.2) is 59.6 Å². The molecule has 218 valence electrons. The topological polar surface area (TPSA) is 77.0 Å². The van der Waals surface area contributed by atoms with Gasteiger partial charge in [-0.15, -0.1) is 0 Å². The van der Waals surface area contributed by atoms with Crippen LogP contribution in [-0.2, 0) is 24.9 Å². The maximum atomic E-state index is 13.0. The Balaban J connectivity index is 1.74. The highest BCUT2D eigenvalue weighted by Gasteiger charge is 2.50. The van der Waals surface area contributed by atoms with Gasteiger partial charge in [0, 0.05) is 12.6 Å². The van der Waals surface area contributed by atoms with Crippen LogP contribution in [0.25, 0.3) is 0 Å². The molecule has 2 aromatic carbocycles.